The average molecular weight is 288 g/mol. The highest BCUT2D eigenvalue weighted by Gasteiger charge is 2.13. The summed E-state index contributed by atoms with van der Waals surface area (Å²) in [6.07, 6.45) is 1.93. The van der Waals surface area contributed by atoms with Gasteiger partial charge in [-0.05, 0) is 20.8 Å². The Morgan fingerprint density at radius 2 is 1.95 bits per heavy atom. The van der Waals surface area contributed by atoms with E-state index in [1.807, 2.05) is 31.6 Å². The minimum absolute atomic E-state index is 0. The molecule has 7 heteroatoms. The molecule has 0 unspecified atom stereocenters. The van der Waals surface area contributed by atoms with E-state index in [9.17, 15) is 4.39 Å². The molecule has 0 fully saturated rings. The smallest absolute Gasteiger partial charge is 0.216 e. The first-order chi connectivity index (χ1) is 8.52. The third kappa shape index (κ3) is 3.07. The number of hydrogen-bond acceptors (Lipinski definition) is 3. The molecule has 0 amide bonds. The summed E-state index contributed by atoms with van der Waals surface area (Å²) in [4.78, 5) is 0. The van der Waals surface area contributed by atoms with Gasteiger partial charge < -0.3 is 5.32 Å². The van der Waals surface area contributed by atoms with Crippen molar-refractivity contribution in [3.8, 4) is 0 Å². The summed E-state index contributed by atoms with van der Waals surface area (Å²) in [7, 11) is 1.60. The SMILES string of the molecule is CCn1cc(NCc2c(C)nn(C)c2F)c(C)n1.Cl. The predicted octanol–water partition coefficient (Wildman–Crippen LogP) is 2.43. The summed E-state index contributed by atoms with van der Waals surface area (Å²) < 4.78 is 16.8. The van der Waals surface area contributed by atoms with Crippen LogP contribution in [0.2, 0.25) is 0 Å². The fourth-order valence-corrected chi connectivity index (χ4v) is 1.91. The first kappa shape index (κ1) is 15.5. The van der Waals surface area contributed by atoms with Crippen LogP contribution in [0.5, 0.6) is 0 Å². The summed E-state index contributed by atoms with van der Waals surface area (Å²) in [5, 5.41) is 11.6. The number of hydrogen-bond donors (Lipinski definition) is 1. The van der Waals surface area contributed by atoms with Crippen molar-refractivity contribution in [3.05, 3.63) is 29.1 Å². The lowest BCUT2D eigenvalue weighted by Crippen LogP contribution is -2.03. The molecule has 0 aliphatic heterocycles. The number of aromatic nitrogens is 4. The molecule has 19 heavy (non-hydrogen) atoms. The molecule has 0 radical (unpaired) electrons. The normalized spacial score (nSPS) is 10.4. The quantitative estimate of drug-likeness (QED) is 0.939. The largest absolute Gasteiger partial charge is 0.378 e. The molecule has 0 aliphatic rings. The Morgan fingerprint density at radius 1 is 1.26 bits per heavy atom. The standard InChI is InChI=1S/C12H18FN5.ClH/c1-5-18-7-11(9(3)16-18)14-6-10-8(2)15-17(4)12(10)13;/h7,14H,5-6H2,1-4H3;1H. The van der Waals surface area contributed by atoms with E-state index in [1.165, 1.54) is 4.68 Å². The zero-order chi connectivity index (χ0) is 13.3. The van der Waals surface area contributed by atoms with Gasteiger partial charge >= 0.3 is 0 Å². The van der Waals surface area contributed by atoms with Crippen molar-refractivity contribution in [1.29, 1.82) is 0 Å². The number of aryl methyl sites for hydroxylation is 4. The van der Waals surface area contributed by atoms with E-state index in [0.29, 0.717) is 17.8 Å². The van der Waals surface area contributed by atoms with Crippen molar-refractivity contribution < 1.29 is 4.39 Å². The maximum absolute atomic E-state index is 13.7. The molecule has 106 valence electrons. The van der Waals surface area contributed by atoms with Crippen LogP contribution in [0.25, 0.3) is 0 Å². The third-order valence-electron chi connectivity index (χ3n) is 3.00. The van der Waals surface area contributed by atoms with Gasteiger partial charge in [-0.25, -0.2) is 4.68 Å². The van der Waals surface area contributed by atoms with Crippen LogP contribution in [0, 0.1) is 19.8 Å². The van der Waals surface area contributed by atoms with E-state index in [4.69, 9.17) is 0 Å². The van der Waals surface area contributed by atoms with Crippen molar-refractivity contribution in [2.45, 2.75) is 33.9 Å². The molecule has 0 aliphatic carbocycles. The van der Waals surface area contributed by atoms with E-state index < -0.39 is 0 Å². The number of anilines is 1. The highest BCUT2D eigenvalue weighted by molar-refractivity contribution is 5.85. The molecule has 1 N–H and O–H groups in total. The van der Waals surface area contributed by atoms with Gasteiger partial charge in [0, 0.05) is 31.9 Å². The van der Waals surface area contributed by atoms with E-state index >= 15 is 0 Å². The van der Waals surface area contributed by atoms with Crippen molar-refractivity contribution in [1.82, 2.24) is 19.6 Å². The van der Waals surface area contributed by atoms with Crippen LogP contribution >= 0.6 is 12.4 Å². The molecule has 5 nitrogen and oxygen atoms in total. The molecular formula is C12H19ClFN5. The summed E-state index contributed by atoms with van der Waals surface area (Å²) in [6, 6.07) is 0. The first-order valence-electron chi connectivity index (χ1n) is 5.98. The third-order valence-corrected chi connectivity index (χ3v) is 3.00. The molecule has 2 rings (SSSR count). The number of nitrogens with zero attached hydrogens (tertiary/aromatic N) is 4. The molecule has 2 heterocycles. The number of rotatable bonds is 4. The second-order valence-corrected chi connectivity index (χ2v) is 4.32. The zero-order valence-electron chi connectivity index (χ0n) is 11.6. The summed E-state index contributed by atoms with van der Waals surface area (Å²) >= 11 is 0. The van der Waals surface area contributed by atoms with Gasteiger partial charge in [-0.2, -0.15) is 14.6 Å². The fraction of sp³-hybridized carbons (Fsp3) is 0.500. The zero-order valence-corrected chi connectivity index (χ0v) is 12.4. The highest BCUT2D eigenvalue weighted by atomic mass is 35.5. The van der Waals surface area contributed by atoms with Crippen molar-refractivity contribution in [2.24, 2.45) is 7.05 Å². The maximum Gasteiger partial charge on any atom is 0.216 e. The lowest BCUT2D eigenvalue weighted by atomic mass is 10.2. The van der Waals surface area contributed by atoms with Gasteiger partial charge in [0.05, 0.1) is 17.1 Å². The van der Waals surface area contributed by atoms with Gasteiger partial charge in [0.1, 0.15) is 0 Å². The Kier molecular flexibility index (Phi) is 4.94. The Bertz CT molecular complexity index is 561. The molecule has 0 bridgehead atoms. The van der Waals surface area contributed by atoms with Crippen LogP contribution < -0.4 is 5.32 Å². The van der Waals surface area contributed by atoms with Gasteiger partial charge in [-0.15, -0.1) is 12.4 Å². The molecule has 0 spiro atoms. The van der Waals surface area contributed by atoms with Gasteiger partial charge in [0.25, 0.3) is 0 Å². The summed E-state index contributed by atoms with van der Waals surface area (Å²) in [6.45, 7) is 7.01. The summed E-state index contributed by atoms with van der Waals surface area (Å²) in [5.41, 5.74) is 3.16. The highest BCUT2D eigenvalue weighted by Crippen LogP contribution is 2.16. The Labute approximate surface area is 118 Å². The fourth-order valence-electron chi connectivity index (χ4n) is 1.91. The topological polar surface area (TPSA) is 47.7 Å². The van der Waals surface area contributed by atoms with Crippen LogP contribution in [0.15, 0.2) is 6.20 Å². The second kappa shape index (κ2) is 6.06. The second-order valence-electron chi connectivity index (χ2n) is 4.32. The minimum atomic E-state index is -0.291. The number of halogens is 2. The Hall–Kier alpha value is -1.56. The van der Waals surface area contributed by atoms with E-state index in [0.717, 1.165) is 17.9 Å². The molecule has 0 atom stereocenters. The van der Waals surface area contributed by atoms with Crippen molar-refractivity contribution in [3.63, 3.8) is 0 Å². The lowest BCUT2D eigenvalue weighted by Gasteiger charge is -2.03. The van der Waals surface area contributed by atoms with Gasteiger partial charge in [0.15, 0.2) is 0 Å². The minimum Gasteiger partial charge on any atom is -0.378 e. The molecule has 2 aromatic heterocycles. The first-order valence-corrected chi connectivity index (χ1v) is 5.98. The monoisotopic (exact) mass is 287 g/mol. The number of nitrogens with one attached hydrogen (secondary N) is 1. The molecule has 2 aromatic rings. The van der Waals surface area contributed by atoms with E-state index in [1.54, 1.807) is 7.05 Å². The average Bonchev–Trinajstić information content (AvgIpc) is 2.80. The van der Waals surface area contributed by atoms with Gasteiger partial charge in [-0.1, -0.05) is 0 Å². The van der Waals surface area contributed by atoms with E-state index in [2.05, 4.69) is 15.5 Å². The molecular weight excluding hydrogens is 269 g/mol. The predicted molar refractivity (Wildman–Crippen MR) is 75.1 cm³/mol. The van der Waals surface area contributed by atoms with Crippen LogP contribution in [-0.2, 0) is 20.1 Å². The maximum atomic E-state index is 13.7. The van der Waals surface area contributed by atoms with E-state index in [-0.39, 0.29) is 18.4 Å². The van der Waals surface area contributed by atoms with Crippen molar-refractivity contribution in [2.75, 3.05) is 5.32 Å². The Balaban J connectivity index is 0.00000180. The lowest BCUT2D eigenvalue weighted by molar-refractivity contribution is 0.496. The molecule has 0 aromatic carbocycles. The Morgan fingerprint density at radius 3 is 2.42 bits per heavy atom. The van der Waals surface area contributed by atoms with Crippen molar-refractivity contribution >= 4 is 18.1 Å². The molecule has 0 saturated carbocycles. The van der Waals surface area contributed by atoms with Gasteiger partial charge in [-0.3, -0.25) is 4.68 Å². The van der Waals surface area contributed by atoms with Crippen LogP contribution in [0.3, 0.4) is 0 Å². The van der Waals surface area contributed by atoms with Crippen LogP contribution in [-0.4, -0.2) is 19.6 Å². The summed E-state index contributed by atoms with van der Waals surface area (Å²) in [5.74, 6) is -0.291. The van der Waals surface area contributed by atoms with Crippen LogP contribution in [0.4, 0.5) is 10.1 Å². The van der Waals surface area contributed by atoms with Gasteiger partial charge in [0.2, 0.25) is 5.95 Å². The van der Waals surface area contributed by atoms with Crippen LogP contribution in [0.1, 0.15) is 23.9 Å². The molecule has 0 saturated heterocycles.